The minimum absolute atomic E-state index is 0.0986. The van der Waals surface area contributed by atoms with Crippen LogP contribution in [0.3, 0.4) is 0 Å². The third-order valence-corrected chi connectivity index (χ3v) is 4.99. The minimum atomic E-state index is -0.531. The molecule has 0 fully saturated rings. The summed E-state index contributed by atoms with van der Waals surface area (Å²) in [5, 5.41) is 2.95. The van der Waals surface area contributed by atoms with Crippen molar-refractivity contribution in [2.45, 2.75) is 52.0 Å². The van der Waals surface area contributed by atoms with E-state index in [0.717, 1.165) is 17.7 Å². The van der Waals surface area contributed by atoms with Crippen LogP contribution in [0, 0.1) is 0 Å². The van der Waals surface area contributed by atoms with Crippen molar-refractivity contribution in [3.63, 3.8) is 0 Å². The first-order valence-corrected chi connectivity index (χ1v) is 9.48. The molecule has 0 aromatic heterocycles. The lowest BCUT2D eigenvalue weighted by Gasteiger charge is -2.29. The van der Waals surface area contributed by atoms with E-state index in [0.29, 0.717) is 6.61 Å². The van der Waals surface area contributed by atoms with E-state index in [1.54, 1.807) is 0 Å². The van der Waals surface area contributed by atoms with E-state index < -0.39 is 11.6 Å². The monoisotopic (exact) mass is 369 g/mol. The number of carbonyl (C=O) groups is 1. The van der Waals surface area contributed by atoms with E-state index >= 15 is 0 Å². The maximum atomic E-state index is 12.2. The Balaban J connectivity index is 1.89. The van der Waals surface area contributed by atoms with Gasteiger partial charge in [-0.1, -0.05) is 63.2 Å². The van der Waals surface area contributed by atoms with Crippen LogP contribution in [0.25, 0.3) is 0 Å². The molecule has 1 amide bonds. The van der Waals surface area contributed by atoms with Crippen LogP contribution in [-0.4, -0.2) is 19.3 Å². The van der Waals surface area contributed by atoms with Gasteiger partial charge in [0.1, 0.15) is 19.0 Å². The summed E-state index contributed by atoms with van der Waals surface area (Å²) < 4.78 is 10.8. The maximum Gasteiger partial charge on any atom is 0.407 e. The summed E-state index contributed by atoms with van der Waals surface area (Å²) in [6.45, 7) is 11.1. The number of hydrogen-bond donors (Lipinski definition) is 1. The van der Waals surface area contributed by atoms with E-state index in [9.17, 15) is 4.79 Å². The Morgan fingerprint density at radius 1 is 0.926 bits per heavy atom. The van der Waals surface area contributed by atoms with Gasteiger partial charge >= 0.3 is 6.09 Å². The van der Waals surface area contributed by atoms with Crippen molar-refractivity contribution in [1.82, 2.24) is 5.32 Å². The van der Waals surface area contributed by atoms with Crippen molar-refractivity contribution in [3.05, 3.63) is 65.7 Å². The Morgan fingerprint density at radius 2 is 1.59 bits per heavy atom. The molecular weight excluding hydrogens is 338 g/mol. The summed E-state index contributed by atoms with van der Waals surface area (Å²) in [5.41, 5.74) is 1.89. The number of benzene rings is 2. The second-order valence-electron chi connectivity index (χ2n) is 7.87. The zero-order chi connectivity index (χ0) is 19.9. The van der Waals surface area contributed by atoms with Crippen molar-refractivity contribution < 1.29 is 14.3 Å². The van der Waals surface area contributed by atoms with E-state index in [1.165, 1.54) is 5.56 Å². The molecule has 0 unspecified atom stereocenters. The zero-order valence-corrected chi connectivity index (χ0v) is 17.0. The Bertz CT molecular complexity index is 738. The number of amides is 1. The highest BCUT2D eigenvalue weighted by molar-refractivity contribution is 5.68. The predicted molar refractivity (Wildman–Crippen MR) is 109 cm³/mol. The third-order valence-electron chi connectivity index (χ3n) is 4.99. The average Bonchev–Trinajstić information content (AvgIpc) is 2.66. The highest BCUT2D eigenvalue weighted by atomic mass is 16.6. The molecule has 0 bridgehead atoms. The first-order chi connectivity index (χ1) is 12.7. The molecule has 4 heteroatoms. The maximum absolute atomic E-state index is 12.2. The topological polar surface area (TPSA) is 47.6 Å². The Kier molecular flexibility index (Phi) is 6.89. The van der Waals surface area contributed by atoms with Crippen LogP contribution in [-0.2, 0) is 15.7 Å². The Morgan fingerprint density at radius 3 is 2.26 bits per heavy atom. The summed E-state index contributed by atoms with van der Waals surface area (Å²) in [4.78, 5) is 12.2. The molecule has 0 saturated carbocycles. The molecular formula is C23H31NO3. The summed E-state index contributed by atoms with van der Waals surface area (Å²) in [6.07, 6.45) is 0.602. The molecule has 0 aliphatic carbocycles. The largest absolute Gasteiger partial charge is 0.490 e. The number of alkyl carbamates (subject to hydrolysis) is 1. The first kappa shape index (κ1) is 20.8. The lowest BCUT2D eigenvalue weighted by Crippen LogP contribution is -2.41. The van der Waals surface area contributed by atoms with Gasteiger partial charge in [0.2, 0.25) is 0 Å². The van der Waals surface area contributed by atoms with E-state index in [4.69, 9.17) is 9.47 Å². The molecule has 0 aliphatic rings. The number of nitrogens with one attached hydrogen (secondary N) is 1. The van der Waals surface area contributed by atoms with Crippen molar-refractivity contribution in [3.8, 4) is 5.75 Å². The molecule has 1 N–H and O–H groups in total. The highest BCUT2D eigenvalue weighted by Crippen LogP contribution is 2.30. The predicted octanol–water partition coefficient (Wildman–Crippen LogP) is 5.41. The summed E-state index contributed by atoms with van der Waals surface area (Å²) >= 11 is 0. The second kappa shape index (κ2) is 8.94. The van der Waals surface area contributed by atoms with Crippen LogP contribution in [0.2, 0.25) is 0 Å². The number of rotatable bonds is 8. The lowest BCUT2D eigenvalue weighted by atomic mass is 9.80. The van der Waals surface area contributed by atoms with Gasteiger partial charge in [-0.05, 0) is 48.9 Å². The van der Waals surface area contributed by atoms with E-state index in [2.05, 4.69) is 38.2 Å². The molecule has 0 radical (unpaired) electrons. The molecule has 0 saturated heterocycles. The van der Waals surface area contributed by atoms with Gasteiger partial charge in [-0.2, -0.15) is 0 Å². The molecule has 0 aliphatic heterocycles. The SMILES string of the molecule is CCC(C)(C)c1cccc(C(C)(C)NC(=O)OCCOc2ccccc2)c1. The number of para-hydroxylation sites is 1. The molecule has 0 heterocycles. The van der Waals surface area contributed by atoms with Crippen LogP contribution in [0.15, 0.2) is 54.6 Å². The number of hydrogen-bond acceptors (Lipinski definition) is 3. The van der Waals surface area contributed by atoms with Gasteiger partial charge < -0.3 is 14.8 Å². The normalized spacial score (nSPS) is 11.7. The number of ether oxygens (including phenoxy) is 2. The molecule has 2 aromatic carbocycles. The van der Waals surface area contributed by atoms with E-state index in [1.807, 2.05) is 56.3 Å². The van der Waals surface area contributed by atoms with E-state index in [-0.39, 0.29) is 12.0 Å². The van der Waals surface area contributed by atoms with Gasteiger partial charge in [0, 0.05) is 0 Å². The van der Waals surface area contributed by atoms with Gasteiger partial charge in [0.15, 0.2) is 0 Å². The van der Waals surface area contributed by atoms with Crippen LogP contribution >= 0.6 is 0 Å². The van der Waals surface area contributed by atoms with Gasteiger partial charge in [-0.15, -0.1) is 0 Å². The van der Waals surface area contributed by atoms with Gasteiger partial charge in [0.25, 0.3) is 0 Å². The molecule has 2 rings (SSSR count). The Hall–Kier alpha value is -2.49. The fourth-order valence-electron chi connectivity index (χ4n) is 2.71. The third kappa shape index (κ3) is 6.02. The second-order valence-corrected chi connectivity index (χ2v) is 7.87. The van der Waals surface area contributed by atoms with Crippen LogP contribution in [0.4, 0.5) is 4.79 Å². The molecule has 27 heavy (non-hydrogen) atoms. The lowest BCUT2D eigenvalue weighted by molar-refractivity contribution is 0.117. The van der Waals surface area contributed by atoms with Crippen LogP contribution in [0.1, 0.15) is 52.2 Å². The van der Waals surface area contributed by atoms with Gasteiger partial charge in [-0.25, -0.2) is 4.79 Å². The average molecular weight is 370 g/mol. The summed E-state index contributed by atoms with van der Waals surface area (Å²) in [6, 6.07) is 17.9. The molecule has 146 valence electrons. The van der Waals surface area contributed by atoms with Crippen molar-refractivity contribution in [2.75, 3.05) is 13.2 Å². The first-order valence-electron chi connectivity index (χ1n) is 9.48. The van der Waals surface area contributed by atoms with Crippen LogP contribution < -0.4 is 10.1 Å². The molecule has 2 aromatic rings. The summed E-state index contributed by atoms with van der Waals surface area (Å²) in [5.74, 6) is 0.761. The van der Waals surface area contributed by atoms with Gasteiger partial charge in [0.05, 0.1) is 5.54 Å². The highest BCUT2D eigenvalue weighted by Gasteiger charge is 2.26. The number of carbonyl (C=O) groups excluding carboxylic acids is 1. The van der Waals surface area contributed by atoms with Crippen molar-refractivity contribution >= 4 is 6.09 Å². The fourth-order valence-corrected chi connectivity index (χ4v) is 2.71. The summed E-state index contributed by atoms with van der Waals surface area (Å²) in [7, 11) is 0. The zero-order valence-electron chi connectivity index (χ0n) is 17.0. The fraction of sp³-hybridized carbons (Fsp3) is 0.435. The Labute approximate surface area is 162 Å². The molecule has 4 nitrogen and oxygen atoms in total. The van der Waals surface area contributed by atoms with Crippen molar-refractivity contribution in [1.29, 1.82) is 0 Å². The van der Waals surface area contributed by atoms with Gasteiger partial charge in [-0.3, -0.25) is 0 Å². The molecule has 0 spiro atoms. The smallest absolute Gasteiger partial charge is 0.407 e. The van der Waals surface area contributed by atoms with Crippen molar-refractivity contribution in [2.24, 2.45) is 0 Å². The van der Waals surface area contributed by atoms with Crippen LogP contribution in [0.5, 0.6) is 5.75 Å². The standard InChI is InChI=1S/C23H31NO3/c1-6-22(2,3)18-11-10-12-19(17-18)23(4,5)24-21(25)27-16-15-26-20-13-8-7-9-14-20/h7-14,17H,6,15-16H2,1-5H3,(H,24,25). The minimum Gasteiger partial charge on any atom is -0.490 e. The molecule has 0 atom stereocenters. The quantitative estimate of drug-likeness (QED) is 0.633.